The van der Waals surface area contributed by atoms with Crippen LogP contribution in [0, 0.1) is 5.92 Å². The van der Waals surface area contributed by atoms with E-state index in [2.05, 4.69) is 10.4 Å². The average Bonchev–Trinajstić information content (AvgIpc) is 3.08. The average molecular weight is 256 g/mol. The molecule has 2 saturated heterocycles. The SMILES string of the molecule is Cn1ncc2c(N3C[C@H]4CCN[C@H]4C3=O)cccc21. The van der Waals surface area contributed by atoms with Crippen molar-refractivity contribution in [2.75, 3.05) is 18.0 Å². The van der Waals surface area contributed by atoms with Crippen LogP contribution >= 0.6 is 0 Å². The smallest absolute Gasteiger partial charge is 0.244 e. The Morgan fingerprint density at radius 2 is 2.32 bits per heavy atom. The van der Waals surface area contributed by atoms with Gasteiger partial charge in [-0.15, -0.1) is 0 Å². The second kappa shape index (κ2) is 3.81. The van der Waals surface area contributed by atoms with Crippen LogP contribution in [-0.2, 0) is 11.8 Å². The topological polar surface area (TPSA) is 50.2 Å². The molecule has 5 nitrogen and oxygen atoms in total. The Hall–Kier alpha value is -1.88. The highest BCUT2D eigenvalue weighted by atomic mass is 16.2. The van der Waals surface area contributed by atoms with Crippen molar-refractivity contribution < 1.29 is 4.79 Å². The Labute approximate surface area is 111 Å². The molecule has 0 radical (unpaired) electrons. The van der Waals surface area contributed by atoms with E-state index < -0.39 is 0 Å². The standard InChI is InChI=1S/C14H16N4O/c1-17-11-3-2-4-12(10(11)7-16-17)18-8-9-5-6-15-13(9)14(18)19/h2-4,7,9,13,15H,5-6,8H2,1H3/t9-,13-/m1/s1. The van der Waals surface area contributed by atoms with E-state index in [0.717, 1.165) is 36.1 Å². The summed E-state index contributed by atoms with van der Waals surface area (Å²) < 4.78 is 1.85. The quantitative estimate of drug-likeness (QED) is 0.824. The summed E-state index contributed by atoms with van der Waals surface area (Å²) in [6, 6.07) is 6.06. The molecule has 0 spiro atoms. The fourth-order valence-electron chi connectivity index (χ4n) is 3.35. The van der Waals surface area contributed by atoms with Crippen molar-refractivity contribution in [2.24, 2.45) is 13.0 Å². The van der Waals surface area contributed by atoms with E-state index in [1.54, 1.807) is 0 Å². The molecule has 2 aliphatic heterocycles. The van der Waals surface area contributed by atoms with Gasteiger partial charge in [0.15, 0.2) is 0 Å². The molecule has 2 aromatic rings. The van der Waals surface area contributed by atoms with Crippen molar-refractivity contribution in [3.63, 3.8) is 0 Å². The van der Waals surface area contributed by atoms with E-state index in [1.165, 1.54) is 0 Å². The number of rotatable bonds is 1. The third-order valence-electron chi connectivity index (χ3n) is 4.36. The molecular weight excluding hydrogens is 240 g/mol. The number of aryl methyl sites for hydroxylation is 1. The van der Waals surface area contributed by atoms with E-state index in [-0.39, 0.29) is 11.9 Å². The van der Waals surface area contributed by atoms with Gasteiger partial charge in [-0.3, -0.25) is 9.48 Å². The van der Waals surface area contributed by atoms with Crippen LogP contribution in [0.4, 0.5) is 5.69 Å². The predicted molar refractivity (Wildman–Crippen MR) is 73.0 cm³/mol. The Morgan fingerprint density at radius 3 is 3.16 bits per heavy atom. The minimum atomic E-state index is 0.0203. The molecule has 3 heterocycles. The van der Waals surface area contributed by atoms with Crippen LogP contribution in [0.5, 0.6) is 0 Å². The number of nitrogens with one attached hydrogen (secondary N) is 1. The molecule has 1 aromatic heterocycles. The molecule has 2 aliphatic rings. The number of aromatic nitrogens is 2. The molecule has 5 heteroatoms. The normalized spacial score (nSPS) is 26.4. The van der Waals surface area contributed by atoms with Gasteiger partial charge in [0.2, 0.25) is 5.91 Å². The van der Waals surface area contributed by atoms with Crippen LogP contribution < -0.4 is 10.2 Å². The number of anilines is 1. The lowest BCUT2D eigenvalue weighted by Gasteiger charge is -2.18. The highest BCUT2D eigenvalue weighted by Crippen LogP contribution is 2.34. The lowest BCUT2D eigenvalue weighted by molar-refractivity contribution is -0.118. The highest BCUT2D eigenvalue weighted by molar-refractivity contribution is 6.06. The maximum atomic E-state index is 12.5. The van der Waals surface area contributed by atoms with Gasteiger partial charge in [0.25, 0.3) is 0 Å². The number of carbonyl (C=O) groups excluding carboxylic acids is 1. The van der Waals surface area contributed by atoms with Gasteiger partial charge in [-0.25, -0.2) is 0 Å². The maximum Gasteiger partial charge on any atom is 0.244 e. The van der Waals surface area contributed by atoms with Crippen LogP contribution in [0.1, 0.15) is 6.42 Å². The molecule has 98 valence electrons. The zero-order valence-corrected chi connectivity index (χ0v) is 10.8. The first kappa shape index (κ1) is 11.0. The van der Waals surface area contributed by atoms with Gasteiger partial charge in [0.05, 0.1) is 23.4 Å². The van der Waals surface area contributed by atoms with Gasteiger partial charge in [-0.1, -0.05) is 6.07 Å². The van der Waals surface area contributed by atoms with Crippen molar-refractivity contribution in [2.45, 2.75) is 12.5 Å². The van der Waals surface area contributed by atoms with Crippen LogP contribution in [-0.4, -0.2) is 34.8 Å². The minimum Gasteiger partial charge on any atom is -0.310 e. The molecule has 1 N–H and O–H groups in total. The summed E-state index contributed by atoms with van der Waals surface area (Å²) in [4.78, 5) is 14.4. The van der Waals surface area contributed by atoms with Crippen molar-refractivity contribution in [3.05, 3.63) is 24.4 Å². The van der Waals surface area contributed by atoms with Gasteiger partial charge < -0.3 is 10.2 Å². The van der Waals surface area contributed by atoms with Gasteiger partial charge in [0.1, 0.15) is 0 Å². The molecule has 0 aliphatic carbocycles. The monoisotopic (exact) mass is 256 g/mol. The number of hydrogen-bond acceptors (Lipinski definition) is 3. The maximum absolute atomic E-state index is 12.5. The number of nitrogens with zero attached hydrogens (tertiary/aromatic N) is 3. The summed E-state index contributed by atoms with van der Waals surface area (Å²) in [6.07, 6.45) is 2.94. The predicted octanol–water partition coefficient (Wildman–Crippen LogP) is 0.898. The summed E-state index contributed by atoms with van der Waals surface area (Å²) in [6.45, 7) is 1.79. The summed E-state index contributed by atoms with van der Waals surface area (Å²) in [7, 11) is 1.92. The zero-order valence-electron chi connectivity index (χ0n) is 10.8. The third-order valence-corrected chi connectivity index (χ3v) is 4.36. The van der Waals surface area contributed by atoms with Crippen molar-refractivity contribution in [1.82, 2.24) is 15.1 Å². The Kier molecular flexibility index (Phi) is 2.20. The fourth-order valence-corrected chi connectivity index (χ4v) is 3.35. The number of hydrogen-bond donors (Lipinski definition) is 1. The first-order valence-corrected chi connectivity index (χ1v) is 6.71. The van der Waals surface area contributed by atoms with Crippen LogP contribution in [0.3, 0.4) is 0 Å². The van der Waals surface area contributed by atoms with E-state index in [4.69, 9.17) is 0 Å². The largest absolute Gasteiger partial charge is 0.310 e. The summed E-state index contributed by atoms with van der Waals surface area (Å²) in [5.74, 6) is 0.665. The van der Waals surface area contributed by atoms with Gasteiger partial charge in [-0.2, -0.15) is 5.10 Å². The van der Waals surface area contributed by atoms with Gasteiger partial charge in [-0.05, 0) is 25.1 Å². The van der Waals surface area contributed by atoms with Crippen LogP contribution in [0.15, 0.2) is 24.4 Å². The molecule has 4 rings (SSSR count). The Balaban J connectivity index is 1.81. The Morgan fingerprint density at radius 1 is 1.42 bits per heavy atom. The molecule has 0 unspecified atom stereocenters. The number of fused-ring (bicyclic) bond motifs is 2. The Bertz CT molecular complexity index is 663. The summed E-state index contributed by atoms with van der Waals surface area (Å²) in [5, 5.41) is 8.65. The molecule has 19 heavy (non-hydrogen) atoms. The van der Waals surface area contributed by atoms with E-state index in [0.29, 0.717) is 5.92 Å². The van der Waals surface area contributed by atoms with Crippen molar-refractivity contribution >= 4 is 22.5 Å². The van der Waals surface area contributed by atoms with Crippen LogP contribution in [0.25, 0.3) is 10.9 Å². The number of carbonyl (C=O) groups is 1. The minimum absolute atomic E-state index is 0.0203. The molecular formula is C14H16N4O. The third kappa shape index (κ3) is 1.45. The van der Waals surface area contributed by atoms with E-state index >= 15 is 0 Å². The second-order valence-corrected chi connectivity index (χ2v) is 5.41. The molecule has 0 saturated carbocycles. The molecule has 1 aromatic carbocycles. The molecule has 2 fully saturated rings. The van der Waals surface area contributed by atoms with Crippen molar-refractivity contribution in [3.8, 4) is 0 Å². The molecule has 1 amide bonds. The van der Waals surface area contributed by atoms with E-state index in [9.17, 15) is 4.79 Å². The lowest BCUT2D eigenvalue weighted by atomic mass is 10.1. The number of benzene rings is 1. The van der Waals surface area contributed by atoms with E-state index in [1.807, 2.05) is 41.0 Å². The molecule has 0 bridgehead atoms. The summed E-state index contributed by atoms with van der Waals surface area (Å²) in [5.41, 5.74) is 2.06. The molecule has 2 atom stereocenters. The first-order valence-electron chi connectivity index (χ1n) is 6.71. The van der Waals surface area contributed by atoms with Gasteiger partial charge >= 0.3 is 0 Å². The summed E-state index contributed by atoms with van der Waals surface area (Å²) >= 11 is 0. The highest BCUT2D eigenvalue weighted by Gasteiger charge is 2.43. The van der Waals surface area contributed by atoms with Crippen LogP contribution in [0.2, 0.25) is 0 Å². The number of amides is 1. The second-order valence-electron chi connectivity index (χ2n) is 5.41. The fraction of sp³-hybridized carbons (Fsp3) is 0.429. The zero-order chi connectivity index (χ0) is 13.0. The van der Waals surface area contributed by atoms with Gasteiger partial charge in [0, 0.05) is 24.9 Å². The lowest BCUT2D eigenvalue weighted by Crippen LogP contribution is -2.36. The van der Waals surface area contributed by atoms with Crippen molar-refractivity contribution in [1.29, 1.82) is 0 Å². The first-order chi connectivity index (χ1) is 9.25.